The van der Waals surface area contributed by atoms with Gasteiger partial charge in [0, 0.05) is 12.1 Å². The normalized spacial score (nSPS) is 13.3. The SMILES string of the molecule is COc1ccc(C(C)C)cc1-c1ccc(C(F)(F)F)cc1C(C)N(CCc1cc(C(F)(F)F)cc(C(F)(F)F)c1)C(=O)O. The molecule has 3 rings (SSSR count). The Morgan fingerprint density at radius 3 is 1.79 bits per heavy atom. The summed E-state index contributed by atoms with van der Waals surface area (Å²) in [6.45, 7) is 4.46. The third-order valence-electron chi connectivity index (χ3n) is 7.01. The van der Waals surface area contributed by atoms with Crippen molar-refractivity contribution in [2.24, 2.45) is 0 Å². The second-order valence-corrected chi connectivity index (χ2v) is 10.2. The smallest absolute Gasteiger partial charge is 0.416 e. The van der Waals surface area contributed by atoms with Crippen LogP contribution in [0, 0.1) is 0 Å². The molecule has 0 radical (unpaired) electrons. The van der Waals surface area contributed by atoms with E-state index in [1.807, 2.05) is 13.8 Å². The van der Waals surface area contributed by atoms with Crippen molar-refractivity contribution in [3.8, 4) is 16.9 Å². The van der Waals surface area contributed by atoms with Crippen LogP contribution in [0.3, 0.4) is 0 Å². The fourth-order valence-electron chi connectivity index (χ4n) is 4.66. The molecule has 234 valence electrons. The largest absolute Gasteiger partial charge is 0.496 e. The Morgan fingerprint density at radius 1 is 0.767 bits per heavy atom. The molecular weight excluding hydrogens is 593 g/mol. The zero-order chi connectivity index (χ0) is 32.5. The predicted octanol–water partition coefficient (Wildman–Crippen LogP) is 9.83. The summed E-state index contributed by atoms with van der Waals surface area (Å²) in [6, 6.07) is 7.50. The van der Waals surface area contributed by atoms with Gasteiger partial charge < -0.3 is 14.7 Å². The molecule has 0 saturated heterocycles. The number of rotatable bonds is 8. The third-order valence-corrected chi connectivity index (χ3v) is 7.01. The summed E-state index contributed by atoms with van der Waals surface area (Å²) in [5, 5.41) is 9.98. The van der Waals surface area contributed by atoms with Gasteiger partial charge in [-0.05, 0) is 84.0 Å². The van der Waals surface area contributed by atoms with Crippen LogP contribution in [0.2, 0.25) is 0 Å². The topological polar surface area (TPSA) is 49.8 Å². The fraction of sp³-hybridized carbons (Fsp3) is 0.367. The van der Waals surface area contributed by atoms with E-state index in [-0.39, 0.29) is 23.1 Å². The number of carboxylic acid groups (broad SMARTS) is 1. The summed E-state index contributed by atoms with van der Waals surface area (Å²) >= 11 is 0. The summed E-state index contributed by atoms with van der Waals surface area (Å²) in [5.74, 6) is 0.313. The maximum absolute atomic E-state index is 13.7. The zero-order valence-corrected chi connectivity index (χ0v) is 23.4. The van der Waals surface area contributed by atoms with Gasteiger partial charge >= 0.3 is 24.6 Å². The van der Waals surface area contributed by atoms with E-state index in [1.54, 1.807) is 18.2 Å². The van der Waals surface area contributed by atoms with Gasteiger partial charge in [0.2, 0.25) is 0 Å². The number of alkyl halides is 9. The van der Waals surface area contributed by atoms with E-state index in [2.05, 4.69) is 0 Å². The van der Waals surface area contributed by atoms with Crippen LogP contribution in [0.25, 0.3) is 11.1 Å². The molecule has 0 saturated carbocycles. The van der Waals surface area contributed by atoms with Crippen molar-refractivity contribution < 1.29 is 54.2 Å². The Labute approximate surface area is 241 Å². The highest BCUT2D eigenvalue weighted by molar-refractivity contribution is 5.76. The molecule has 1 unspecified atom stereocenters. The molecule has 3 aromatic carbocycles. The summed E-state index contributed by atoms with van der Waals surface area (Å²) in [6.07, 6.45) is -17.2. The highest BCUT2D eigenvalue weighted by atomic mass is 19.4. The lowest BCUT2D eigenvalue weighted by Crippen LogP contribution is -2.34. The van der Waals surface area contributed by atoms with Crippen LogP contribution in [0.15, 0.2) is 54.6 Å². The molecule has 0 spiro atoms. The lowest BCUT2D eigenvalue weighted by molar-refractivity contribution is -0.143. The van der Waals surface area contributed by atoms with Crippen LogP contribution in [0.5, 0.6) is 5.75 Å². The van der Waals surface area contributed by atoms with Crippen LogP contribution in [0.1, 0.15) is 66.1 Å². The highest BCUT2D eigenvalue weighted by Gasteiger charge is 2.37. The molecule has 1 amide bonds. The second kappa shape index (κ2) is 12.4. The first-order valence-corrected chi connectivity index (χ1v) is 12.9. The standard InChI is InChI=1S/C30H28F9NO3/c1-16(2)19-5-8-26(43-4)25(13-19)23-7-6-20(28(31,32)33)15-24(23)17(3)40(27(41)42)10-9-18-11-21(29(34,35)36)14-22(12-18)30(37,38)39/h5-8,11-17H,9-10H2,1-4H3,(H,41,42). The maximum Gasteiger partial charge on any atom is 0.416 e. The maximum atomic E-state index is 13.7. The van der Waals surface area contributed by atoms with Gasteiger partial charge in [-0.15, -0.1) is 0 Å². The molecule has 13 heteroatoms. The number of hydrogen-bond acceptors (Lipinski definition) is 2. The van der Waals surface area contributed by atoms with Gasteiger partial charge in [-0.3, -0.25) is 0 Å². The molecule has 0 aromatic heterocycles. The number of benzene rings is 3. The van der Waals surface area contributed by atoms with Gasteiger partial charge in [-0.2, -0.15) is 39.5 Å². The molecule has 0 aliphatic heterocycles. The van der Waals surface area contributed by atoms with Gasteiger partial charge in [0.15, 0.2) is 0 Å². The van der Waals surface area contributed by atoms with Crippen molar-refractivity contribution in [2.45, 2.75) is 57.7 Å². The summed E-state index contributed by atoms with van der Waals surface area (Å²) < 4.78 is 127. The Balaban J connectivity index is 2.12. The van der Waals surface area contributed by atoms with Crippen molar-refractivity contribution >= 4 is 6.09 Å². The first-order valence-electron chi connectivity index (χ1n) is 12.9. The molecule has 1 atom stereocenters. The van der Waals surface area contributed by atoms with Crippen LogP contribution in [-0.2, 0) is 24.9 Å². The molecule has 0 bridgehead atoms. The van der Waals surface area contributed by atoms with E-state index in [4.69, 9.17) is 4.74 Å². The molecule has 0 aliphatic carbocycles. The molecule has 43 heavy (non-hydrogen) atoms. The van der Waals surface area contributed by atoms with E-state index >= 15 is 0 Å². The number of halogens is 9. The Bertz CT molecular complexity index is 1430. The van der Waals surface area contributed by atoms with Crippen molar-refractivity contribution in [1.82, 2.24) is 4.90 Å². The monoisotopic (exact) mass is 621 g/mol. The van der Waals surface area contributed by atoms with E-state index in [1.165, 1.54) is 20.1 Å². The van der Waals surface area contributed by atoms with Gasteiger partial charge in [0.05, 0.1) is 29.8 Å². The molecule has 0 heterocycles. The molecule has 0 aliphatic rings. The first kappa shape index (κ1) is 33.6. The predicted molar refractivity (Wildman–Crippen MR) is 141 cm³/mol. The lowest BCUT2D eigenvalue weighted by Gasteiger charge is -2.30. The minimum absolute atomic E-state index is 0.0181. The van der Waals surface area contributed by atoms with Crippen molar-refractivity contribution in [3.05, 3.63) is 88.0 Å². The van der Waals surface area contributed by atoms with Gasteiger partial charge in [-0.25, -0.2) is 4.79 Å². The van der Waals surface area contributed by atoms with Crippen LogP contribution >= 0.6 is 0 Å². The zero-order valence-electron chi connectivity index (χ0n) is 23.4. The first-order chi connectivity index (χ1) is 19.7. The number of carbonyl (C=O) groups is 1. The number of hydrogen-bond donors (Lipinski definition) is 1. The molecule has 4 nitrogen and oxygen atoms in total. The van der Waals surface area contributed by atoms with E-state index < -0.39 is 65.9 Å². The number of nitrogens with zero attached hydrogens (tertiary/aromatic N) is 1. The minimum atomic E-state index is -5.10. The van der Waals surface area contributed by atoms with Gasteiger partial charge in [0.1, 0.15) is 5.75 Å². The second-order valence-electron chi connectivity index (χ2n) is 10.2. The van der Waals surface area contributed by atoms with Gasteiger partial charge in [-0.1, -0.05) is 26.0 Å². The Hall–Kier alpha value is -3.90. The summed E-state index contributed by atoms with van der Waals surface area (Å²) in [7, 11) is 1.36. The Morgan fingerprint density at radius 2 is 1.33 bits per heavy atom. The molecular formula is C30H28F9NO3. The molecule has 1 N–H and O–H groups in total. The summed E-state index contributed by atoms with van der Waals surface area (Å²) in [5.41, 5.74) is -3.34. The number of amides is 1. The fourth-order valence-corrected chi connectivity index (χ4v) is 4.66. The average molecular weight is 622 g/mol. The third kappa shape index (κ3) is 7.94. The average Bonchev–Trinajstić information content (AvgIpc) is 2.90. The van der Waals surface area contributed by atoms with Crippen LogP contribution in [0.4, 0.5) is 44.3 Å². The van der Waals surface area contributed by atoms with E-state index in [9.17, 15) is 49.4 Å². The summed E-state index contributed by atoms with van der Waals surface area (Å²) in [4.78, 5) is 13.0. The van der Waals surface area contributed by atoms with Crippen molar-refractivity contribution in [3.63, 3.8) is 0 Å². The number of methoxy groups -OCH3 is 1. The van der Waals surface area contributed by atoms with Crippen molar-refractivity contribution in [1.29, 1.82) is 0 Å². The Kier molecular flexibility index (Phi) is 9.67. The van der Waals surface area contributed by atoms with Crippen LogP contribution < -0.4 is 4.74 Å². The lowest BCUT2D eigenvalue weighted by atomic mass is 9.90. The number of ether oxygens (including phenoxy) is 1. The van der Waals surface area contributed by atoms with Crippen LogP contribution in [-0.4, -0.2) is 29.8 Å². The quantitative estimate of drug-likeness (QED) is 0.255. The molecule has 0 fully saturated rings. The van der Waals surface area contributed by atoms with E-state index in [0.29, 0.717) is 28.3 Å². The van der Waals surface area contributed by atoms with Gasteiger partial charge in [0.25, 0.3) is 0 Å². The van der Waals surface area contributed by atoms with Crippen molar-refractivity contribution in [2.75, 3.05) is 13.7 Å². The highest BCUT2D eigenvalue weighted by Crippen LogP contribution is 2.42. The minimum Gasteiger partial charge on any atom is -0.496 e. The van der Waals surface area contributed by atoms with E-state index in [0.717, 1.165) is 17.7 Å². The molecule has 3 aromatic rings.